The van der Waals surface area contributed by atoms with Crippen molar-refractivity contribution in [3.8, 4) is 0 Å². The lowest BCUT2D eigenvalue weighted by Crippen LogP contribution is -2.45. The van der Waals surface area contributed by atoms with E-state index in [4.69, 9.17) is 9.88 Å². The summed E-state index contributed by atoms with van der Waals surface area (Å²) in [5, 5.41) is 16.6. The molecule has 2 heterocycles. The number of rotatable bonds is 9. The van der Waals surface area contributed by atoms with E-state index in [1.165, 1.54) is 4.57 Å². The predicted octanol–water partition coefficient (Wildman–Crippen LogP) is 3.87. The van der Waals surface area contributed by atoms with Gasteiger partial charge in [0.25, 0.3) is 10.0 Å². The SMILES string of the molecule is CCCC1(CCC)CC(O)=C(C2(c3nc(S(N)(=O)=O)n(C)c3CC3CC3)C=CC=CC2)C(=O)O1. The molecule has 8 nitrogen and oxygen atoms in total. The number of nitrogens with zero attached hydrogens (tertiary/aromatic N) is 2. The van der Waals surface area contributed by atoms with Gasteiger partial charge in [0.05, 0.1) is 16.7 Å². The van der Waals surface area contributed by atoms with Gasteiger partial charge >= 0.3 is 5.97 Å². The van der Waals surface area contributed by atoms with Crippen LogP contribution in [0.25, 0.3) is 0 Å². The Hall–Kier alpha value is -2.39. The zero-order chi connectivity index (χ0) is 24.7. The van der Waals surface area contributed by atoms with Crippen molar-refractivity contribution in [2.75, 3.05) is 0 Å². The lowest BCUT2D eigenvalue weighted by molar-refractivity contribution is -0.161. The first-order chi connectivity index (χ1) is 16.1. The molecule has 0 radical (unpaired) electrons. The van der Waals surface area contributed by atoms with Crippen LogP contribution in [0, 0.1) is 5.92 Å². The molecule has 1 atom stereocenters. The number of hydrogen-bond donors (Lipinski definition) is 2. The van der Waals surface area contributed by atoms with Crippen molar-refractivity contribution in [2.45, 2.75) is 87.8 Å². The summed E-state index contributed by atoms with van der Waals surface area (Å²) in [4.78, 5) is 18.1. The van der Waals surface area contributed by atoms with Crippen LogP contribution in [0.5, 0.6) is 0 Å². The number of primary sulfonamides is 1. The van der Waals surface area contributed by atoms with E-state index in [9.17, 15) is 18.3 Å². The molecule has 1 unspecified atom stereocenters. The lowest BCUT2D eigenvalue weighted by Gasteiger charge is -2.41. The summed E-state index contributed by atoms with van der Waals surface area (Å²) < 4.78 is 32.3. The van der Waals surface area contributed by atoms with Crippen molar-refractivity contribution in [2.24, 2.45) is 18.1 Å². The van der Waals surface area contributed by atoms with Crippen LogP contribution in [-0.2, 0) is 38.4 Å². The number of aromatic nitrogens is 2. The Bertz CT molecular complexity index is 1170. The highest BCUT2D eigenvalue weighted by atomic mass is 32.2. The number of sulfonamides is 1. The average Bonchev–Trinajstić information content (AvgIpc) is 3.50. The van der Waals surface area contributed by atoms with Crippen LogP contribution in [0.1, 0.15) is 76.6 Å². The quantitative estimate of drug-likeness (QED) is 0.507. The first-order valence-corrected chi connectivity index (χ1v) is 13.7. The van der Waals surface area contributed by atoms with Gasteiger partial charge in [0.2, 0.25) is 5.16 Å². The molecular formula is C25H35N3O5S. The van der Waals surface area contributed by atoms with Gasteiger partial charge in [-0.2, -0.15) is 0 Å². The van der Waals surface area contributed by atoms with Gasteiger partial charge in [0, 0.05) is 19.2 Å². The van der Waals surface area contributed by atoms with Gasteiger partial charge < -0.3 is 14.4 Å². The molecule has 0 amide bonds. The van der Waals surface area contributed by atoms with Crippen molar-refractivity contribution in [3.63, 3.8) is 0 Å². The van der Waals surface area contributed by atoms with Gasteiger partial charge in [-0.1, -0.05) is 51.0 Å². The zero-order valence-corrected chi connectivity index (χ0v) is 21.0. The number of esters is 1. The summed E-state index contributed by atoms with van der Waals surface area (Å²) >= 11 is 0. The van der Waals surface area contributed by atoms with Crippen LogP contribution in [0.2, 0.25) is 0 Å². The summed E-state index contributed by atoms with van der Waals surface area (Å²) in [6, 6.07) is 0. The topological polar surface area (TPSA) is 125 Å². The van der Waals surface area contributed by atoms with Crippen LogP contribution in [0.4, 0.5) is 0 Å². The molecule has 1 aromatic rings. The number of carbonyl (C=O) groups excluding carboxylic acids is 1. The molecule has 1 fully saturated rings. The summed E-state index contributed by atoms with van der Waals surface area (Å²) in [6.45, 7) is 4.06. The van der Waals surface area contributed by atoms with Crippen LogP contribution in [0.3, 0.4) is 0 Å². The molecule has 1 aliphatic heterocycles. The molecule has 2 aliphatic carbocycles. The van der Waals surface area contributed by atoms with E-state index in [-0.39, 0.29) is 22.9 Å². The first kappa shape index (κ1) is 24.7. The number of carbonyl (C=O) groups is 1. The van der Waals surface area contributed by atoms with E-state index < -0.39 is 27.0 Å². The van der Waals surface area contributed by atoms with Crippen molar-refractivity contribution >= 4 is 16.0 Å². The third-order valence-electron chi connectivity index (χ3n) is 7.25. The van der Waals surface area contributed by atoms with E-state index in [1.807, 2.05) is 38.2 Å². The lowest BCUT2D eigenvalue weighted by atomic mass is 9.69. The highest BCUT2D eigenvalue weighted by Crippen LogP contribution is 2.48. The minimum absolute atomic E-state index is 0.00159. The van der Waals surface area contributed by atoms with E-state index in [0.29, 0.717) is 37.3 Å². The van der Waals surface area contributed by atoms with Crippen LogP contribution < -0.4 is 5.14 Å². The molecule has 0 aromatic carbocycles. The summed E-state index contributed by atoms with van der Waals surface area (Å²) in [6.07, 6.45) is 13.7. The second-order valence-corrected chi connectivity index (χ2v) is 11.4. The average molecular weight is 490 g/mol. The Kier molecular flexibility index (Phi) is 6.54. The first-order valence-electron chi connectivity index (χ1n) is 12.2. The van der Waals surface area contributed by atoms with Crippen molar-refractivity contribution in [1.29, 1.82) is 0 Å². The molecule has 0 saturated heterocycles. The molecule has 3 N–H and O–H groups in total. The number of aliphatic hydroxyl groups excluding tert-OH is 1. The predicted molar refractivity (Wildman–Crippen MR) is 128 cm³/mol. The number of cyclic esters (lactones) is 1. The molecular weight excluding hydrogens is 454 g/mol. The highest BCUT2D eigenvalue weighted by molar-refractivity contribution is 7.89. The van der Waals surface area contributed by atoms with Gasteiger partial charge in [0.1, 0.15) is 11.4 Å². The molecule has 0 spiro atoms. The van der Waals surface area contributed by atoms with Crippen molar-refractivity contribution in [1.82, 2.24) is 9.55 Å². The molecule has 186 valence electrons. The number of imidazole rings is 1. The van der Waals surface area contributed by atoms with E-state index in [2.05, 4.69) is 4.98 Å². The Balaban J connectivity index is 1.92. The number of nitrogens with two attached hydrogens (primary N) is 1. The normalized spacial score (nSPS) is 24.5. The van der Waals surface area contributed by atoms with Gasteiger partial charge in [-0.25, -0.2) is 23.3 Å². The van der Waals surface area contributed by atoms with Gasteiger partial charge in [0.15, 0.2) is 0 Å². The second-order valence-electron chi connectivity index (χ2n) is 9.97. The highest BCUT2D eigenvalue weighted by Gasteiger charge is 2.51. The standard InChI is InChI=1S/C25H35N3O5S/c1-4-11-24(12-5-2)16-19(29)20(22(30)33-24)25(13-7-6-8-14-25)21-18(15-17-9-10-17)28(3)23(27-21)34(26,31)32/h6-8,13,17,29H,4-5,9-12,14-16H2,1-3H3,(H2,26,31,32). The van der Waals surface area contributed by atoms with Crippen molar-refractivity contribution in [3.05, 3.63) is 47.0 Å². The molecule has 9 heteroatoms. The molecule has 0 bridgehead atoms. The molecule has 4 rings (SSSR count). The largest absolute Gasteiger partial charge is 0.512 e. The minimum atomic E-state index is -4.09. The number of ether oxygens (including phenoxy) is 1. The Morgan fingerprint density at radius 3 is 2.41 bits per heavy atom. The maximum Gasteiger partial charge on any atom is 0.339 e. The Labute approximate surface area is 201 Å². The van der Waals surface area contributed by atoms with Crippen LogP contribution >= 0.6 is 0 Å². The fourth-order valence-electron chi connectivity index (χ4n) is 5.60. The van der Waals surface area contributed by atoms with E-state index >= 15 is 0 Å². The van der Waals surface area contributed by atoms with E-state index in [0.717, 1.165) is 31.4 Å². The van der Waals surface area contributed by atoms with Crippen LogP contribution in [0.15, 0.2) is 40.8 Å². The number of hydrogen-bond acceptors (Lipinski definition) is 6. The van der Waals surface area contributed by atoms with Gasteiger partial charge in [-0.05, 0) is 44.4 Å². The summed E-state index contributed by atoms with van der Waals surface area (Å²) in [5.41, 5.74) is -0.545. The molecule has 1 saturated carbocycles. The summed E-state index contributed by atoms with van der Waals surface area (Å²) in [7, 11) is -2.45. The zero-order valence-electron chi connectivity index (χ0n) is 20.2. The van der Waals surface area contributed by atoms with Gasteiger partial charge in [-0.15, -0.1) is 0 Å². The molecule has 34 heavy (non-hydrogen) atoms. The maximum atomic E-state index is 13.6. The Morgan fingerprint density at radius 1 is 1.24 bits per heavy atom. The monoisotopic (exact) mass is 489 g/mol. The third kappa shape index (κ3) is 4.35. The smallest absolute Gasteiger partial charge is 0.339 e. The number of aliphatic hydroxyl groups is 1. The fraction of sp³-hybridized carbons (Fsp3) is 0.600. The van der Waals surface area contributed by atoms with Gasteiger partial charge in [-0.3, -0.25) is 0 Å². The molecule has 3 aliphatic rings. The minimum Gasteiger partial charge on any atom is -0.512 e. The second kappa shape index (κ2) is 9.00. The Morgan fingerprint density at radius 2 is 1.91 bits per heavy atom. The number of allylic oxidation sites excluding steroid dienone is 4. The van der Waals surface area contributed by atoms with E-state index in [1.54, 1.807) is 7.05 Å². The van der Waals surface area contributed by atoms with Crippen LogP contribution in [-0.4, -0.2) is 34.6 Å². The third-order valence-corrected chi connectivity index (χ3v) is 8.12. The maximum absolute atomic E-state index is 13.6. The fourth-order valence-corrected chi connectivity index (χ4v) is 6.31. The molecule has 1 aromatic heterocycles. The summed E-state index contributed by atoms with van der Waals surface area (Å²) in [5.74, 6) is -0.130. The van der Waals surface area contributed by atoms with Crippen molar-refractivity contribution < 1.29 is 23.1 Å².